The average Bonchev–Trinajstić information content (AvgIpc) is 2.99. The Hall–Kier alpha value is -5.38. The molecule has 43 heavy (non-hydrogen) atoms. The number of hydrogen-bond acceptors (Lipinski definition) is 8. The van der Waals surface area contributed by atoms with Crippen LogP contribution in [0.15, 0.2) is 79.9 Å². The second-order valence-corrected chi connectivity index (χ2v) is 9.20. The first-order valence-electron chi connectivity index (χ1n) is 13.3. The first-order valence-corrected chi connectivity index (χ1v) is 13.3. The summed E-state index contributed by atoms with van der Waals surface area (Å²) >= 11 is 0. The van der Waals surface area contributed by atoms with Gasteiger partial charge >= 0.3 is 23.9 Å². The highest BCUT2D eigenvalue weighted by Gasteiger charge is 2.18. The monoisotopic (exact) mass is 588 g/mol. The summed E-state index contributed by atoms with van der Waals surface area (Å²) < 4.78 is 21.4. The van der Waals surface area contributed by atoms with E-state index >= 15 is 0 Å². The number of esters is 2. The lowest BCUT2D eigenvalue weighted by Gasteiger charge is -2.15. The molecule has 10 heteroatoms. The summed E-state index contributed by atoms with van der Waals surface area (Å²) in [7, 11) is 0. The van der Waals surface area contributed by atoms with Crippen molar-refractivity contribution in [2.75, 3.05) is 26.4 Å². The first-order chi connectivity index (χ1) is 20.6. The van der Waals surface area contributed by atoms with Gasteiger partial charge in [-0.05, 0) is 65.6 Å². The Morgan fingerprint density at radius 1 is 0.651 bits per heavy atom. The van der Waals surface area contributed by atoms with Crippen LogP contribution in [0.1, 0.15) is 39.1 Å². The molecule has 3 aromatic rings. The second kappa shape index (κ2) is 15.6. The highest BCUT2D eigenvalue weighted by molar-refractivity contribution is 5.98. The Labute approximate surface area is 248 Å². The van der Waals surface area contributed by atoms with Crippen molar-refractivity contribution in [3.63, 3.8) is 0 Å². The Morgan fingerprint density at radius 2 is 1.14 bits per heavy atom. The van der Waals surface area contributed by atoms with E-state index in [1.54, 1.807) is 49.4 Å². The van der Waals surface area contributed by atoms with Crippen molar-refractivity contribution in [1.29, 1.82) is 0 Å². The maximum atomic E-state index is 12.0. The summed E-state index contributed by atoms with van der Waals surface area (Å²) in [6.45, 7) is 9.26. The number of carboxylic acids is 2. The summed E-state index contributed by atoms with van der Waals surface area (Å²) in [4.78, 5) is 46.4. The van der Waals surface area contributed by atoms with Crippen molar-refractivity contribution in [2.24, 2.45) is 0 Å². The second-order valence-electron chi connectivity index (χ2n) is 9.20. The zero-order valence-electron chi connectivity index (χ0n) is 23.7. The number of rotatable bonds is 16. The highest BCUT2D eigenvalue weighted by atomic mass is 16.5. The molecule has 0 saturated carbocycles. The van der Waals surface area contributed by atoms with E-state index in [0.29, 0.717) is 52.2 Å². The molecule has 0 bridgehead atoms. The van der Waals surface area contributed by atoms with Gasteiger partial charge in [0.15, 0.2) is 0 Å². The van der Waals surface area contributed by atoms with E-state index < -0.39 is 23.9 Å². The molecule has 0 aliphatic rings. The van der Waals surface area contributed by atoms with E-state index in [2.05, 4.69) is 13.2 Å². The zero-order chi connectivity index (χ0) is 31.4. The van der Waals surface area contributed by atoms with Crippen LogP contribution in [-0.2, 0) is 19.1 Å². The molecule has 0 amide bonds. The van der Waals surface area contributed by atoms with Gasteiger partial charge in [0.05, 0.1) is 37.6 Å². The lowest BCUT2D eigenvalue weighted by atomic mass is 9.91. The van der Waals surface area contributed by atoms with Gasteiger partial charge in [-0.3, -0.25) is 0 Å². The van der Waals surface area contributed by atoms with E-state index in [1.807, 2.05) is 0 Å². The molecule has 0 heterocycles. The number of hydrogen-bond donors (Lipinski definition) is 2. The van der Waals surface area contributed by atoms with Crippen LogP contribution in [-0.4, -0.2) is 60.5 Å². The minimum Gasteiger partial charge on any atom is -0.493 e. The number of benzene rings is 3. The van der Waals surface area contributed by atoms with Crippen molar-refractivity contribution in [1.82, 2.24) is 0 Å². The van der Waals surface area contributed by atoms with Crippen LogP contribution < -0.4 is 9.47 Å². The Balaban J connectivity index is 1.84. The maximum absolute atomic E-state index is 12.0. The lowest BCUT2D eigenvalue weighted by molar-refractivity contribution is -0.138. The van der Waals surface area contributed by atoms with E-state index in [1.165, 1.54) is 12.1 Å². The standard InChI is InChI=1S/C33H32O10/c1-4-30(34)42-16-6-14-40-23-9-12-26(32(36)37)28(19-23)22-8-11-25(21(3)18-22)29-20-24(10-13-27(29)33(38)39)41-15-7-17-43-31(35)5-2/h4-5,8-13,18-20H,1-2,6-7,14-17H2,3H3,(H,36,37)(H,38,39). The molecule has 0 saturated heterocycles. The zero-order valence-corrected chi connectivity index (χ0v) is 23.7. The molecule has 224 valence electrons. The first kappa shape index (κ1) is 32.1. The van der Waals surface area contributed by atoms with Gasteiger partial charge in [-0.15, -0.1) is 0 Å². The van der Waals surface area contributed by atoms with E-state index in [9.17, 15) is 29.4 Å². The van der Waals surface area contributed by atoms with Crippen molar-refractivity contribution >= 4 is 23.9 Å². The third-order valence-corrected chi connectivity index (χ3v) is 6.21. The molecule has 3 rings (SSSR count). The average molecular weight is 589 g/mol. The van der Waals surface area contributed by atoms with Crippen molar-refractivity contribution in [3.05, 3.63) is 96.6 Å². The molecule has 0 aliphatic carbocycles. The van der Waals surface area contributed by atoms with E-state index in [0.717, 1.165) is 12.2 Å². The number of ether oxygens (including phenoxy) is 4. The van der Waals surface area contributed by atoms with Crippen LogP contribution in [0.3, 0.4) is 0 Å². The molecule has 0 spiro atoms. The summed E-state index contributed by atoms with van der Waals surface area (Å²) in [6, 6.07) is 14.5. The van der Waals surface area contributed by atoms with Crippen LogP contribution in [0.5, 0.6) is 11.5 Å². The SMILES string of the molecule is C=CC(=O)OCCCOc1ccc(C(=O)O)c(-c2ccc(-c3cc(OCCCOC(=O)C=C)ccc3C(=O)O)c(C)c2)c1. The molecule has 3 aromatic carbocycles. The van der Waals surface area contributed by atoms with Gasteiger partial charge in [0.1, 0.15) is 11.5 Å². The molecular formula is C33H32O10. The van der Waals surface area contributed by atoms with Crippen molar-refractivity contribution in [2.45, 2.75) is 19.8 Å². The minimum absolute atomic E-state index is 0.0693. The molecule has 0 aromatic heterocycles. The fourth-order valence-corrected chi connectivity index (χ4v) is 4.16. The molecule has 10 nitrogen and oxygen atoms in total. The summed E-state index contributed by atoms with van der Waals surface area (Å²) in [5, 5.41) is 19.6. The van der Waals surface area contributed by atoms with Gasteiger partial charge in [-0.2, -0.15) is 0 Å². The van der Waals surface area contributed by atoms with Crippen molar-refractivity contribution < 1.29 is 48.3 Å². The predicted molar refractivity (Wildman–Crippen MR) is 159 cm³/mol. The molecule has 0 unspecified atom stereocenters. The fourth-order valence-electron chi connectivity index (χ4n) is 4.16. The van der Waals surface area contributed by atoms with E-state index in [-0.39, 0.29) is 37.6 Å². The van der Waals surface area contributed by atoms with Gasteiger partial charge in [0.2, 0.25) is 0 Å². The molecule has 0 radical (unpaired) electrons. The third kappa shape index (κ3) is 9.06. The Kier molecular flexibility index (Phi) is 11.6. The molecule has 2 N–H and O–H groups in total. The quantitative estimate of drug-likeness (QED) is 0.121. The number of carbonyl (C=O) groups is 4. The number of aromatic carboxylic acids is 2. The largest absolute Gasteiger partial charge is 0.493 e. The Bertz CT molecular complexity index is 1520. The summed E-state index contributed by atoms with van der Waals surface area (Å²) in [5.74, 6) is -2.39. The smallest absolute Gasteiger partial charge is 0.336 e. The van der Waals surface area contributed by atoms with Gasteiger partial charge in [-0.25, -0.2) is 19.2 Å². The fraction of sp³-hybridized carbons (Fsp3) is 0.212. The number of carbonyl (C=O) groups excluding carboxylic acids is 2. The normalized spacial score (nSPS) is 10.3. The van der Waals surface area contributed by atoms with Crippen LogP contribution in [0.25, 0.3) is 22.3 Å². The van der Waals surface area contributed by atoms with Crippen LogP contribution in [0, 0.1) is 6.92 Å². The molecule has 0 atom stereocenters. The van der Waals surface area contributed by atoms with Gasteiger partial charge in [0, 0.05) is 30.6 Å². The lowest BCUT2D eigenvalue weighted by Crippen LogP contribution is -2.07. The van der Waals surface area contributed by atoms with Gasteiger partial charge < -0.3 is 29.2 Å². The number of carboxylic acid groups (broad SMARTS) is 2. The highest BCUT2D eigenvalue weighted by Crippen LogP contribution is 2.35. The number of aryl methyl sites for hydroxylation is 1. The topological polar surface area (TPSA) is 146 Å². The maximum Gasteiger partial charge on any atom is 0.336 e. The minimum atomic E-state index is -1.11. The summed E-state index contributed by atoms with van der Waals surface area (Å²) in [6.07, 6.45) is 3.02. The van der Waals surface area contributed by atoms with Crippen LogP contribution in [0.4, 0.5) is 0 Å². The van der Waals surface area contributed by atoms with Crippen LogP contribution in [0.2, 0.25) is 0 Å². The molecule has 0 fully saturated rings. The predicted octanol–water partition coefficient (Wildman–Crippen LogP) is 5.72. The molecular weight excluding hydrogens is 556 g/mol. The Morgan fingerprint density at radius 3 is 1.60 bits per heavy atom. The molecule has 0 aliphatic heterocycles. The summed E-state index contributed by atoms with van der Waals surface area (Å²) in [5.41, 5.74) is 2.93. The van der Waals surface area contributed by atoms with Crippen LogP contribution >= 0.6 is 0 Å². The van der Waals surface area contributed by atoms with Gasteiger partial charge in [-0.1, -0.05) is 31.4 Å². The van der Waals surface area contributed by atoms with Gasteiger partial charge in [0.25, 0.3) is 0 Å². The third-order valence-electron chi connectivity index (χ3n) is 6.21. The van der Waals surface area contributed by atoms with E-state index in [4.69, 9.17) is 18.9 Å². The van der Waals surface area contributed by atoms with Crippen molar-refractivity contribution in [3.8, 4) is 33.8 Å².